The predicted molar refractivity (Wildman–Crippen MR) is 58.5 cm³/mol. The van der Waals surface area contributed by atoms with Crippen LogP contribution < -0.4 is 4.74 Å². The molecule has 0 spiro atoms. The van der Waals surface area contributed by atoms with E-state index in [4.69, 9.17) is 9.84 Å². The number of carbonyl (C=O) groups is 2. The standard InChI is InChI=1S/C12H14O4/c1-3-8(2)12(15)16-10-6-4-9(5-7-10)11(13)14/h4-8H,3H2,1-2H3,(H,13,14)/t8-/m0/s1. The minimum absolute atomic E-state index is 0.154. The van der Waals surface area contributed by atoms with Crippen LogP contribution in [-0.2, 0) is 4.79 Å². The maximum atomic E-state index is 11.4. The topological polar surface area (TPSA) is 63.6 Å². The monoisotopic (exact) mass is 222 g/mol. The summed E-state index contributed by atoms with van der Waals surface area (Å²) in [5.41, 5.74) is 0.170. The second-order valence-corrected chi connectivity index (χ2v) is 3.56. The van der Waals surface area contributed by atoms with Gasteiger partial charge in [0.05, 0.1) is 11.5 Å². The van der Waals surface area contributed by atoms with Crippen molar-refractivity contribution in [2.24, 2.45) is 5.92 Å². The van der Waals surface area contributed by atoms with Gasteiger partial charge >= 0.3 is 11.9 Å². The van der Waals surface area contributed by atoms with E-state index in [1.807, 2.05) is 6.92 Å². The van der Waals surface area contributed by atoms with E-state index in [0.29, 0.717) is 12.2 Å². The lowest BCUT2D eigenvalue weighted by Gasteiger charge is -2.08. The lowest BCUT2D eigenvalue weighted by Crippen LogP contribution is -2.16. The van der Waals surface area contributed by atoms with Crippen LogP contribution in [-0.4, -0.2) is 17.0 Å². The summed E-state index contributed by atoms with van der Waals surface area (Å²) in [6.07, 6.45) is 0.714. The Bertz CT molecular complexity index is 381. The molecule has 1 aromatic rings. The van der Waals surface area contributed by atoms with E-state index < -0.39 is 5.97 Å². The molecule has 0 unspecified atom stereocenters. The molecule has 0 aliphatic carbocycles. The number of carboxylic acid groups (broad SMARTS) is 1. The van der Waals surface area contributed by atoms with E-state index in [1.165, 1.54) is 24.3 Å². The van der Waals surface area contributed by atoms with Crippen molar-refractivity contribution in [3.05, 3.63) is 29.8 Å². The first-order valence-electron chi connectivity index (χ1n) is 5.09. The largest absolute Gasteiger partial charge is 0.478 e. The minimum Gasteiger partial charge on any atom is -0.478 e. The molecule has 1 rings (SSSR count). The highest BCUT2D eigenvalue weighted by Crippen LogP contribution is 2.14. The molecule has 0 bridgehead atoms. The van der Waals surface area contributed by atoms with Crippen molar-refractivity contribution in [3.8, 4) is 5.75 Å². The molecular formula is C12H14O4. The summed E-state index contributed by atoms with van der Waals surface area (Å²) in [5.74, 6) is -1.08. The third kappa shape index (κ3) is 3.08. The van der Waals surface area contributed by atoms with Crippen molar-refractivity contribution in [2.75, 3.05) is 0 Å². The first kappa shape index (κ1) is 12.2. The SMILES string of the molecule is CC[C@H](C)C(=O)Oc1ccc(C(=O)O)cc1. The van der Waals surface area contributed by atoms with Crippen LogP contribution in [0.1, 0.15) is 30.6 Å². The molecule has 0 saturated carbocycles. The molecule has 1 atom stereocenters. The Morgan fingerprint density at radius 1 is 1.31 bits per heavy atom. The minimum atomic E-state index is -1.00. The van der Waals surface area contributed by atoms with Crippen LogP contribution in [0.2, 0.25) is 0 Å². The van der Waals surface area contributed by atoms with Gasteiger partial charge in [-0.15, -0.1) is 0 Å². The molecule has 0 saturated heterocycles. The normalized spacial score (nSPS) is 11.9. The van der Waals surface area contributed by atoms with Gasteiger partial charge in [0, 0.05) is 0 Å². The van der Waals surface area contributed by atoms with Crippen molar-refractivity contribution in [3.63, 3.8) is 0 Å². The van der Waals surface area contributed by atoms with Crippen LogP contribution in [0.15, 0.2) is 24.3 Å². The summed E-state index contributed by atoms with van der Waals surface area (Å²) in [4.78, 5) is 22.0. The third-order valence-corrected chi connectivity index (χ3v) is 2.33. The number of hydrogen-bond donors (Lipinski definition) is 1. The van der Waals surface area contributed by atoms with Crippen molar-refractivity contribution >= 4 is 11.9 Å². The maximum Gasteiger partial charge on any atom is 0.335 e. The summed E-state index contributed by atoms with van der Waals surface area (Å²) < 4.78 is 5.07. The Morgan fingerprint density at radius 2 is 1.88 bits per heavy atom. The van der Waals surface area contributed by atoms with Gasteiger partial charge in [0.2, 0.25) is 0 Å². The highest BCUT2D eigenvalue weighted by atomic mass is 16.5. The number of ether oxygens (including phenoxy) is 1. The van der Waals surface area contributed by atoms with Gasteiger partial charge in [0.1, 0.15) is 5.75 Å². The van der Waals surface area contributed by atoms with Gasteiger partial charge in [-0.25, -0.2) is 4.79 Å². The van der Waals surface area contributed by atoms with Gasteiger partial charge in [-0.05, 0) is 30.7 Å². The highest BCUT2D eigenvalue weighted by molar-refractivity contribution is 5.87. The first-order chi connectivity index (χ1) is 7.54. The van der Waals surface area contributed by atoms with Crippen LogP contribution in [0, 0.1) is 5.92 Å². The number of esters is 1. The van der Waals surface area contributed by atoms with Gasteiger partial charge in [-0.3, -0.25) is 4.79 Å². The van der Waals surface area contributed by atoms with E-state index in [0.717, 1.165) is 0 Å². The smallest absolute Gasteiger partial charge is 0.335 e. The van der Waals surface area contributed by atoms with Crippen LogP contribution in [0.25, 0.3) is 0 Å². The first-order valence-corrected chi connectivity index (χ1v) is 5.09. The molecule has 0 radical (unpaired) electrons. The Morgan fingerprint density at radius 3 is 2.31 bits per heavy atom. The fourth-order valence-corrected chi connectivity index (χ4v) is 1.05. The van der Waals surface area contributed by atoms with E-state index in [-0.39, 0.29) is 17.5 Å². The predicted octanol–water partition coefficient (Wildman–Crippen LogP) is 2.34. The molecule has 86 valence electrons. The molecule has 4 nitrogen and oxygen atoms in total. The zero-order valence-corrected chi connectivity index (χ0v) is 9.27. The van der Waals surface area contributed by atoms with Gasteiger partial charge in [-0.1, -0.05) is 13.8 Å². The lowest BCUT2D eigenvalue weighted by atomic mass is 10.1. The Hall–Kier alpha value is -1.84. The fraction of sp³-hybridized carbons (Fsp3) is 0.333. The number of carbonyl (C=O) groups excluding carboxylic acids is 1. The van der Waals surface area contributed by atoms with Crippen molar-refractivity contribution in [1.82, 2.24) is 0 Å². The molecule has 0 aromatic heterocycles. The summed E-state index contributed by atoms with van der Waals surface area (Å²) >= 11 is 0. The number of rotatable bonds is 4. The average molecular weight is 222 g/mol. The molecule has 0 amide bonds. The molecule has 4 heteroatoms. The number of carboxylic acids is 1. The Balaban J connectivity index is 2.69. The quantitative estimate of drug-likeness (QED) is 0.627. The zero-order chi connectivity index (χ0) is 12.1. The van der Waals surface area contributed by atoms with Gasteiger partial charge in [0.25, 0.3) is 0 Å². The second-order valence-electron chi connectivity index (χ2n) is 3.56. The molecule has 0 aliphatic rings. The molecule has 1 aromatic carbocycles. The summed E-state index contributed by atoms with van der Waals surface area (Å²) in [7, 11) is 0. The molecule has 16 heavy (non-hydrogen) atoms. The summed E-state index contributed by atoms with van der Waals surface area (Å²) in [5, 5.41) is 8.68. The highest BCUT2D eigenvalue weighted by Gasteiger charge is 2.13. The molecule has 0 heterocycles. The molecule has 0 aliphatic heterocycles. The zero-order valence-electron chi connectivity index (χ0n) is 9.27. The van der Waals surface area contributed by atoms with Crippen molar-refractivity contribution in [1.29, 1.82) is 0 Å². The van der Waals surface area contributed by atoms with Crippen molar-refractivity contribution in [2.45, 2.75) is 20.3 Å². The third-order valence-electron chi connectivity index (χ3n) is 2.33. The molecule has 1 N–H and O–H groups in total. The maximum absolute atomic E-state index is 11.4. The van der Waals surface area contributed by atoms with Crippen LogP contribution >= 0.6 is 0 Å². The molecule has 0 fully saturated rings. The van der Waals surface area contributed by atoms with E-state index in [1.54, 1.807) is 6.92 Å². The van der Waals surface area contributed by atoms with Crippen LogP contribution in [0.5, 0.6) is 5.75 Å². The van der Waals surface area contributed by atoms with Gasteiger partial charge in [0.15, 0.2) is 0 Å². The Labute approximate surface area is 93.9 Å². The van der Waals surface area contributed by atoms with E-state index in [9.17, 15) is 9.59 Å². The number of benzene rings is 1. The number of aromatic carboxylic acids is 1. The van der Waals surface area contributed by atoms with E-state index in [2.05, 4.69) is 0 Å². The Kier molecular flexibility index (Phi) is 4.05. The van der Waals surface area contributed by atoms with Gasteiger partial charge in [-0.2, -0.15) is 0 Å². The summed E-state index contributed by atoms with van der Waals surface area (Å²) in [6.45, 7) is 3.69. The van der Waals surface area contributed by atoms with Crippen molar-refractivity contribution < 1.29 is 19.4 Å². The van der Waals surface area contributed by atoms with E-state index >= 15 is 0 Å². The van der Waals surface area contributed by atoms with Crippen LogP contribution in [0.3, 0.4) is 0 Å². The lowest BCUT2D eigenvalue weighted by molar-refractivity contribution is -0.138. The summed E-state index contributed by atoms with van der Waals surface area (Å²) in [6, 6.07) is 5.76. The molecular weight excluding hydrogens is 208 g/mol. The fourth-order valence-electron chi connectivity index (χ4n) is 1.05. The van der Waals surface area contributed by atoms with Gasteiger partial charge < -0.3 is 9.84 Å². The average Bonchev–Trinajstić information content (AvgIpc) is 2.28. The van der Waals surface area contributed by atoms with Crippen LogP contribution in [0.4, 0.5) is 0 Å². The second kappa shape index (κ2) is 5.30. The number of hydrogen-bond acceptors (Lipinski definition) is 3.